The Labute approximate surface area is 98.7 Å². The molecule has 2 N–H and O–H groups in total. The molecule has 1 aromatic heterocycles. The lowest BCUT2D eigenvalue weighted by Crippen LogP contribution is -1.78. The van der Waals surface area contributed by atoms with E-state index in [1.165, 1.54) is 0 Å². The molecule has 1 heterocycles. The highest BCUT2D eigenvalue weighted by Crippen LogP contribution is 2.26. The molecule has 0 spiro atoms. The summed E-state index contributed by atoms with van der Waals surface area (Å²) in [5.41, 5.74) is 4.07. The number of hydrogen-bond acceptors (Lipinski definition) is 2. The van der Waals surface area contributed by atoms with Crippen LogP contribution in [-0.4, -0.2) is 15.3 Å². The Kier molecular flexibility index (Phi) is 2.11. The van der Waals surface area contributed by atoms with E-state index in [1.807, 2.05) is 37.3 Å². The highest BCUT2D eigenvalue weighted by molar-refractivity contribution is 5.86. The standard InChI is InChI=1S/C14H12N2O/c1-9-13-6-5-11(8-14(13)16-15-9)10-3-2-4-12(17)7-10/h2-8,17H,1H3,(H,15,16). The Morgan fingerprint density at radius 1 is 1.06 bits per heavy atom. The second kappa shape index (κ2) is 3.63. The first-order valence-corrected chi connectivity index (χ1v) is 5.48. The first kappa shape index (κ1) is 9.90. The largest absolute Gasteiger partial charge is 0.508 e. The minimum absolute atomic E-state index is 0.279. The highest BCUT2D eigenvalue weighted by atomic mass is 16.3. The van der Waals surface area contributed by atoms with Gasteiger partial charge in [-0.25, -0.2) is 0 Å². The van der Waals surface area contributed by atoms with Gasteiger partial charge in [-0.15, -0.1) is 0 Å². The molecule has 0 aliphatic carbocycles. The summed E-state index contributed by atoms with van der Waals surface area (Å²) in [6, 6.07) is 13.3. The average molecular weight is 224 g/mol. The van der Waals surface area contributed by atoms with E-state index >= 15 is 0 Å². The molecule has 0 unspecified atom stereocenters. The number of H-pyrrole nitrogens is 1. The fourth-order valence-electron chi connectivity index (χ4n) is 2.01. The van der Waals surface area contributed by atoms with Gasteiger partial charge in [-0.05, 0) is 36.2 Å². The van der Waals surface area contributed by atoms with Crippen molar-refractivity contribution in [3.63, 3.8) is 0 Å². The number of nitrogens with zero attached hydrogens (tertiary/aromatic N) is 1. The molecule has 0 bridgehead atoms. The minimum atomic E-state index is 0.279. The van der Waals surface area contributed by atoms with Gasteiger partial charge in [-0.3, -0.25) is 5.10 Å². The zero-order valence-corrected chi connectivity index (χ0v) is 9.44. The molecule has 0 amide bonds. The average Bonchev–Trinajstić information content (AvgIpc) is 2.71. The summed E-state index contributed by atoms with van der Waals surface area (Å²) < 4.78 is 0. The second-order valence-corrected chi connectivity index (χ2v) is 4.13. The smallest absolute Gasteiger partial charge is 0.116 e. The quantitative estimate of drug-likeness (QED) is 0.666. The zero-order valence-electron chi connectivity index (χ0n) is 9.44. The van der Waals surface area contributed by atoms with Gasteiger partial charge in [-0.2, -0.15) is 5.10 Å². The number of fused-ring (bicyclic) bond motifs is 1. The summed E-state index contributed by atoms with van der Waals surface area (Å²) in [5.74, 6) is 0.279. The van der Waals surface area contributed by atoms with Gasteiger partial charge in [0.05, 0.1) is 5.52 Å². The number of aromatic nitrogens is 2. The van der Waals surface area contributed by atoms with Crippen molar-refractivity contribution in [1.29, 1.82) is 0 Å². The first-order chi connectivity index (χ1) is 8.24. The highest BCUT2D eigenvalue weighted by Gasteiger charge is 2.04. The third-order valence-electron chi connectivity index (χ3n) is 2.93. The van der Waals surface area contributed by atoms with E-state index in [1.54, 1.807) is 12.1 Å². The van der Waals surface area contributed by atoms with E-state index in [-0.39, 0.29) is 5.75 Å². The number of phenols is 1. The maximum Gasteiger partial charge on any atom is 0.116 e. The summed E-state index contributed by atoms with van der Waals surface area (Å²) in [7, 11) is 0. The first-order valence-electron chi connectivity index (χ1n) is 5.48. The Morgan fingerprint density at radius 3 is 2.71 bits per heavy atom. The lowest BCUT2D eigenvalue weighted by molar-refractivity contribution is 0.475. The molecule has 0 saturated carbocycles. The van der Waals surface area contributed by atoms with Crippen molar-refractivity contribution in [3.8, 4) is 16.9 Å². The van der Waals surface area contributed by atoms with Crippen LogP contribution in [0.4, 0.5) is 0 Å². The monoisotopic (exact) mass is 224 g/mol. The molecule has 0 aliphatic rings. The van der Waals surface area contributed by atoms with E-state index < -0.39 is 0 Å². The van der Waals surface area contributed by atoms with Crippen LogP contribution < -0.4 is 0 Å². The molecular formula is C14H12N2O. The predicted octanol–water partition coefficient (Wildman–Crippen LogP) is 3.24. The number of hydrogen-bond donors (Lipinski definition) is 2. The lowest BCUT2D eigenvalue weighted by atomic mass is 10.0. The minimum Gasteiger partial charge on any atom is -0.508 e. The third-order valence-corrected chi connectivity index (χ3v) is 2.93. The molecule has 3 heteroatoms. The number of benzene rings is 2. The Balaban J connectivity index is 2.18. The molecule has 0 aliphatic heterocycles. The number of aromatic hydroxyl groups is 1. The number of phenolic OH excluding ortho intramolecular Hbond substituents is 1. The predicted molar refractivity (Wildman–Crippen MR) is 67.9 cm³/mol. The molecular weight excluding hydrogens is 212 g/mol. The van der Waals surface area contributed by atoms with Crippen LogP contribution >= 0.6 is 0 Å². The molecule has 84 valence electrons. The van der Waals surface area contributed by atoms with Crippen LogP contribution in [0.3, 0.4) is 0 Å². The summed E-state index contributed by atoms with van der Waals surface area (Å²) in [5, 5.41) is 17.8. The lowest BCUT2D eigenvalue weighted by Gasteiger charge is -2.02. The van der Waals surface area contributed by atoms with Gasteiger partial charge in [0.15, 0.2) is 0 Å². The Morgan fingerprint density at radius 2 is 1.88 bits per heavy atom. The van der Waals surface area contributed by atoms with Crippen LogP contribution in [0.5, 0.6) is 5.75 Å². The molecule has 3 nitrogen and oxygen atoms in total. The molecule has 0 saturated heterocycles. The molecule has 2 aromatic carbocycles. The van der Waals surface area contributed by atoms with Crippen LogP contribution in [0.15, 0.2) is 42.5 Å². The topological polar surface area (TPSA) is 48.9 Å². The van der Waals surface area contributed by atoms with Crippen molar-refractivity contribution < 1.29 is 5.11 Å². The molecule has 0 radical (unpaired) electrons. The molecule has 3 aromatic rings. The Bertz CT molecular complexity index is 686. The summed E-state index contributed by atoms with van der Waals surface area (Å²) in [6.45, 7) is 2.00. The van der Waals surface area contributed by atoms with Crippen molar-refractivity contribution in [2.45, 2.75) is 6.92 Å². The molecule has 17 heavy (non-hydrogen) atoms. The summed E-state index contributed by atoms with van der Waals surface area (Å²) in [6.07, 6.45) is 0. The summed E-state index contributed by atoms with van der Waals surface area (Å²) >= 11 is 0. The van der Waals surface area contributed by atoms with E-state index in [0.717, 1.165) is 27.7 Å². The maximum atomic E-state index is 9.47. The van der Waals surface area contributed by atoms with Gasteiger partial charge in [0.2, 0.25) is 0 Å². The fourth-order valence-corrected chi connectivity index (χ4v) is 2.01. The SMILES string of the molecule is Cc1[nH]nc2cc(-c3cccc(O)c3)ccc12. The van der Waals surface area contributed by atoms with Gasteiger partial charge in [0.1, 0.15) is 5.75 Å². The van der Waals surface area contributed by atoms with Gasteiger partial charge < -0.3 is 5.11 Å². The third kappa shape index (κ3) is 1.65. The normalized spacial score (nSPS) is 10.9. The van der Waals surface area contributed by atoms with Gasteiger partial charge >= 0.3 is 0 Å². The van der Waals surface area contributed by atoms with E-state index in [9.17, 15) is 5.11 Å². The van der Waals surface area contributed by atoms with Crippen molar-refractivity contribution in [1.82, 2.24) is 10.2 Å². The van der Waals surface area contributed by atoms with Gasteiger partial charge in [0, 0.05) is 11.1 Å². The van der Waals surface area contributed by atoms with Gasteiger partial charge in [0.25, 0.3) is 0 Å². The van der Waals surface area contributed by atoms with Crippen LogP contribution in [0.25, 0.3) is 22.0 Å². The van der Waals surface area contributed by atoms with E-state index in [0.29, 0.717) is 0 Å². The number of rotatable bonds is 1. The van der Waals surface area contributed by atoms with Gasteiger partial charge in [-0.1, -0.05) is 24.3 Å². The molecule has 3 rings (SSSR count). The maximum absolute atomic E-state index is 9.47. The van der Waals surface area contributed by atoms with Crippen molar-refractivity contribution >= 4 is 10.9 Å². The molecule has 0 fully saturated rings. The number of aromatic amines is 1. The van der Waals surface area contributed by atoms with E-state index in [2.05, 4.69) is 10.2 Å². The van der Waals surface area contributed by atoms with Crippen LogP contribution in [0.2, 0.25) is 0 Å². The summed E-state index contributed by atoms with van der Waals surface area (Å²) in [4.78, 5) is 0. The van der Waals surface area contributed by atoms with Crippen LogP contribution in [-0.2, 0) is 0 Å². The van der Waals surface area contributed by atoms with Crippen LogP contribution in [0.1, 0.15) is 5.69 Å². The van der Waals surface area contributed by atoms with Crippen LogP contribution in [0, 0.1) is 6.92 Å². The Hall–Kier alpha value is -2.29. The second-order valence-electron chi connectivity index (χ2n) is 4.13. The number of nitrogens with one attached hydrogen (secondary N) is 1. The van der Waals surface area contributed by atoms with Crippen molar-refractivity contribution in [2.24, 2.45) is 0 Å². The molecule has 0 atom stereocenters. The number of aryl methyl sites for hydroxylation is 1. The fraction of sp³-hybridized carbons (Fsp3) is 0.0714. The van der Waals surface area contributed by atoms with Crippen molar-refractivity contribution in [2.75, 3.05) is 0 Å². The zero-order chi connectivity index (χ0) is 11.8. The van der Waals surface area contributed by atoms with Crippen molar-refractivity contribution in [3.05, 3.63) is 48.2 Å². The van der Waals surface area contributed by atoms with E-state index in [4.69, 9.17) is 0 Å².